The van der Waals surface area contributed by atoms with Crippen molar-refractivity contribution in [1.29, 1.82) is 0 Å². The Bertz CT molecular complexity index is 328. The zero-order chi connectivity index (χ0) is 14.3. The molecule has 0 radical (unpaired) electrons. The second kappa shape index (κ2) is 4.90. The lowest BCUT2D eigenvalue weighted by Crippen LogP contribution is -2.68. The van der Waals surface area contributed by atoms with Crippen LogP contribution in [-0.4, -0.2) is 48.6 Å². The lowest BCUT2D eigenvalue weighted by molar-refractivity contribution is -0.325. The number of ether oxygens (including phenoxy) is 1. The van der Waals surface area contributed by atoms with Crippen LogP contribution in [0.4, 0.5) is 13.2 Å². The van der Waals surface area contributed by atoms with E-state index in [1.54, 1.807) is 0 Å². The minimum Gasteiger partial charge on any atom is -0.308 e. The molecule has 1 saturated heterocycles. The molecule has 1 N–H and O–H groups in total. The van der Waals surface area contributed by atoms with Gasteiger partial charge in [-0.25, -0.2) is 0 Å². The number of halogens is 3. The highest BCUT2D eigenvalue weighted by Gasteiger charge is 2.48. The highest BCUT2D eigenvalue weighted by molar-refractivity contribution is 5.06. The Balaban J connectivity index is 1.91. The molecule has 0 bridgehead atoms. The van der Waals surface area contributed by atoms with Gasteiger partial charge in [0.2, 0.25) is 0 Å². The number of alkyl halides is 3. The van der Waals surface area contributed by atoms with Gasteiger partial charge in [0.25, 0.3) is 0 Å². The van der Waals surface area contributed by atoms with Gasteiger partial charge in [0.05, 0.1) is 6.61 Å². The molecule has 0 spiro atoms. The second-order valence-electron chi connectivity index (χ2n) is 6.57. The largest absolute Gasteiger partial charge is 0.522 e. The maximum atomic E-state index is 12.0. The van der Waals surface area contributed by atoms with Crippen molar-refractivity contribution < 1.29 is 17.9 Å². The van der Waals surface area contributed by atoms with Crippen molar-refractivity contribution in [2.45, 2.75) is 51.1 Å². The van der Waals surface area contributed by atoms with Crippen molar-refractivity contribution in [2.24, 2.45) is 5.92 Å². The zero-order valence-corrected chi connectivity index (χ0v) is 11.8. The molecule has 1 aliphatic carbocycles. The Morgan fingerprint density at radius 1 is 1.26 bits per heavy atom. The van der Waals surface area contributed by atoms with Crippen molar-refractivity contribution in [1.82, 2.24) is 10.2 Å². The zero-order valence-electron chi connectivity index (χ0n) is 11.8. The van der Waals surface area contributed by atoms with E-state index in [-0.39, 0.29) is 17.7 Å². The summed E-state index contributed by atoms with van der Waals surface area (Å²) in [4.78, 5) is 2.12. The van der Waals surface area contributed by atoms with E-state index in [2.05, 4.69) is 35.7 Å². The summed E-state index contributed by atoms with van der Waals surface area (Å²) in [5, 5.41) is 3.58. The Hall–Kier alpha value is -0.330. The third-order valence-electron chi connectivity index (χ3n) is 4.41. The summed E-state index contributed by atoms with van der Waals surface area (Å²) in [6.07, 6.45) is -2.09. The predicted octanol–water partition coefficient (Wildman–Crippen LogP) is 2.38. The molecule has 1 unspecified atom stereocenters. The Labute approximate surface area is 112 Å². The molecular formula is C13H23F3N2O. The van der Waals surface area contributed by atoms with Gasteiger partial charge >= 0.3 is 6.36 Å². The summed E-state index contributed by atoms with van der Waals surface area (Å²) in [7, 11) is 0. The smallest absolute Gasteiger partial charge is 0.308 e. The molecule has 2 fully saturated rings. The van der Waals surface area contributed by atoms with Gasteiger partial charge in [-0.2, -0.15) is 0 Å². The first kappa shape index (κ1) is 15.1. The number of nitrogens with zero attached hydrogens (tertiary/aromatic N) is 1. The third kappa shape index (κ3) is 3.83. The second-order valence-corrected chi connectivity index (χ2v) is 6.57. The van der Waals surface area contributed by atoms with Crippen LogP contribution in [0.15, 0.2) is 0 Å². The van der Waals surface area contributed by atoms with E-state index in [1.165, 1.54) is 12.8 Å². The number of hydrogen-bond donors (Lipinski definition) is 1. The van der Waals surface area contributed by atoms with E-state index in [0.717, 1.165) is 13.1 Å². The molecule has 112 valence electrons. The Morgan fingerprint density at radius 3 is 2.42 bits per heavy atom. The molecule has 0 aromatic carbocycles. The molecular weight excluding hydrogens is 257 g/mol. The van der Waals surface area contributed by atoms with Crippen molar-refractivity contribution in [3.63, 3.8) is 0 Å². The molecule has 2 rings (SSSR count). The van der Waals surface area contributed by atoms with Crippen molar-refractivity contribution >= 4 is 0 Å². The average molecular weight is 280 g/mol. The molecule has 6 heteroatoms. The molecule has 1 heterocycles. The first-order valence-corrected chi connectivity index (χ1v) is 6.83. The summed E-state index contributed by atoms with van der Waals surface area (Å²) in [6.45, 7) is 7.89. The fraction of sp³-hybridized carbons (Fsp3) is 1.00. The maximum absolute atomic E-state index is 12.0. The van der Waals surface area contributed by atoms with Crippen LogP contribution < -0.4 is 5.32 Å². The number of rotatable bonds is 4. The van der Waals surface area contributed by atoms with Gasteiger partial charge in [0, 0.05) is 30.7 Å². The molecule has 0 aromatic heterocycles. The average Bonchev–Trinajstić information content (AvgIpc) is 3.06. The number of hydrogen-bond acceptors (Lipinski definition) is 3. The van der Waals surface area contributed by atoms with Gasteiger partial charge in [-0.15, -0.1) is 13.2 Å². The molecule has 1 saturated carbocycles. The Morgan fingerprint density at radius 2 is 1.89 bits per heavy atom. The van der Waals surface area contributed by atoms with Gasteiger partial charge in [0.1, 0.15) is 0 Å². The van der Waals surface area contributed by atoms with Gasteiger partial charge in [0.15, 0.2) is 0 Å². The van der Waals surface area contributed by atoms with Gasteiger partial charge in [-0.05, 0) is 39.5 Å². The summed E-state index contributed by atoms with van der Waals surface area (Å²) >= 11 is 0. The standard InChI is InChI=1S/C13H23F3N2O/c1-11(2)8-17-12(3,10-4-5-10)9-18(11)6-7-19-13(14,15)16/h10,17H,4-9H2,1-3H3. The highest BCUT2D eigenvalue weighted by atomic mass is 19.4. The minimum absolute atomic E-state index is 0.0355. The molecule has 2 aliphatic rings. The Kier molecular flexibility index (Phi) is 3.88. The summed E-state index contributed by atoms with van der Waals surface area (Å²) < 4.78 is 40.0. The molecule has 1 aliphatic heterocycles. The van der Waals surface area contributed by atoms with E-state index in [0.29, 0.717) is 12.5 Å². The quantitative estimate of drug-likeness (QED) is 0.855. The van der Waals surface area contributed by atoms with Crippen LogP contribution in [0.2, 0.25) is 0 Å². The topological polar surface area (TPSA) is 24.5 Å². The van der Waals surface area contributed by atoms with Crippen LogP contribution in [0.5, 0.6) is 0 Å². The van der Waals surface area contributed by atoms with Crippen molar-refractivity contribution in [2.75, 3.05) is 26.2 Å². The minimum atomic E-state index is -4.53. The lowest BCUT2D eigenvalue weighted by atomic mass is 9.86. The SMILES string of the molecule is CC1(C2CC2)CN(CCOC(F)(F)F)C(C)(C)CN1. The van der Waals surface area contributed by atoms with Crippen molar-refractivity contribution in [3.8, 4) is 0 Å². The van der Waals surface area contributed by atoms with Crippen molar-refractivity contribution in [3.05, 3.63) is 0 Å². The molecule has 19 heavy (non-hydrogen) atoms. The summed E-state index contributed by atoms with van der Waals surface area (Å²) in [5.41, 5.74) is -0.100. The van der Waals surface area contributed by atoms with Crippen LogP contribution in [0, 0.1) is 5.92 Å². The van der Waals surface area contributed by atoms with Crippen LogP contribution in [0.25, 0.3) is 0 Å². The van der Waals surface area contributed by atoms with Gasteiger partial charge in [-0.1, -0.05) is 0 Å². The fourth-order valence-electron chi connectivity index (χ4n) is 2.84. The van der Waals surface area contributed by atoms with E-state index >= 15 is 0 Å². The normalized spacial score (nSPS) is 32.5. The predicted molar refractivity (Wildman–Crippen MR) is 66.8 cm³/mol. The first-order chi connectivity index (χ1) is 8.62. The number of piperazine rings is 1. The van der Waals surface area contributed by atoms with Gasteiger partial charge < -0.3 is 5.32 Å². The van der Waals surface area contributed by atoms with E-state index in [4.69, 9.17) is 0 Å². The molecule has 1 atom stereocenters. The van der Waals surface area contributed by atoms with Gasteiger partial charge in [-0.3, -0.25) is 9.64 Å². The van der Waals surface area contributed by atoms with E-state index < -0.39 is 6.36 Å². The number of nitrogens with one attached hydrogen (secondary N) is 1. The fourth-order valence-corrected chi connectivity index (χ4v) is 2.84. The third-order valence-corrected chi connectivity index (χ3v) is 4.41. The lowest BCUT2D eigenvalue weighted by Gasteiger charge is -2.51. The van der Waals surface area contributed by atoms with E-state index in [9.17, 15) is 13.2 Å². The van der Waals surface area contributed by atoms with E-state index in [1.807, 2.05) is 0 Å². The molecule has 0 aromatic rings. The first-order valence-electron chi connectivity index (χ1n) is 6.83. The maximum Gasteiger partial charge on any atom is 0.522 e. The van der Waals surface area contributed by atoms with Crippen LogP contribution in [0.1, 0.15) is 33.6 Å². The van der Waals surface area contributed by atoms with Crippen LogP contribution in [-0.2, 0) is 4.74 Å². The van der Waals surface area contributed by atoms with Crippen LogP contribution >= 0.6 is 0 Å². The highest BCUT2D eigenvalue weighted by Crippen LogP contribution is 2.42. The van der Waals surface area contributed by atoms with Crippen LogP contribution in [0.3, 0.4) is 0 Å². The molecule has 3 nitrogen and oxygen atoms in total. The summed E-state index contributed by atoms with van der Waals surface area (Å²) in [5.74, 6) is 0.662. The monoisotopic (exact) mass is 280 g/mol. The summed E-state index contributed by atoms with van der Waals surface area (Å²) in [6, 6.07) is 0. The molecule has 0 amide bonds.